The number of rotatable bonds is 7. The lowest BCUT2D eigenvalue weighted by Crippen LogP contribution is -2.25. The zero-order valence-electron chi connectivity index (χ0n) is 13.8. The van der Waals surface area contributed by atoms with Crippen LogP contribution in [0.5, 0.6) is 0 Å². The van der Waals surface area contributed by atoms with Gasteiger partial charge in [0, 0.05) is 25.7 Å². The van der Waals surface area contributed by atoms with Gasteiger partial charge in [0.15, 0.2) is 0 Å². The number of likely N-dealkylation sites (N-methyl/N-ethyl adjacent to an activating group) is 1. The first-order valence-corrected chi connectivity index (χ1v) is 7.85. The molecule has 0 aromatic carbocycles. The molecular weight excluding hydrogens is 262 g/mol. The van der Waals surface area contributed by atoms with Gasteiger partial charge < -0.3 is 5.32 Å². The van der Waals surface area contributed by atoms with Crippen LogP contribution in [0.4, 0.5) is 0 Å². The van der Waals surface area contributed by atoms with Crippen molar-refractivity contribution in [3.05, 3.63) is 35.4 Å². The van der Waals surface area contributed by atoms with Crippen molar-refractivity contribution in [2.75, 3.05) is 6.54 Å². The van der Waals surface area contributed by atoms with E-state index in [0.717, 1.165) is 30.8 Å². The van der Waals surface area contributed by atoms with Gasteiger partial charge >= 0.3 is 0 Å². The lowest BCUT2D eigenvalue weighted by Gasteiger charge is -2.17. The van der Waals surface area contributed by atoms with Gasteiger partial charge in [-0.05, 0) is 38.9 Å². The standard InChI is InChI=1S/C16H27N5/c1-6-13-11-16(20(5)18-13)15(17-7-2)10-14-8-9-21(19-14)12(3)4/h8-9,11-12,15,17H,6-7,10H2,1-5H3. The predicted octanol–water partition coefficient (Wildman–Crippen LogP) is 2.65. The largest absolute Gasteiger partial charge is 0.309 e. The van der Waals surface area contributed by atoms with Crippen LogP contribution >= 0.6 is 0 Å². The van der Waals surface area contributed by atoms with Gasteiger partial charge in [0.2, 0.25) is 0 Å². The fourth-order valence-corrected chi connectivity index (χ4v) is 2.55. The van der Waals surface area contributed by atoms with Crippen molar-refractivity contribution in [1.29, 1.82) is 0 Å². The summed E-state index contributed by atoms with van der Waals surface area (Å²) in [5.41, 5.74) is 3.49. The van der Waals surface area contributed by atoms with Crippen molar-refractivity contribution in [3.63, 3.8) is 0 Å². The second-order valence-electron chi connectivity index (χ2n) is 5.73. The summed E-state index contributed by atoms with van der Waals surface area (Å²) in [7, 11) is 2.02. The fourth-order valence-electron chi connectivity index (χ4n) is 2.55. The van der Waals surface area contributed by atoms with E-state index < -0.39 is 0 Å². The van der Waals surface area contributed by atoms with Gasteiger partial charge in [-0.15, -0.1) is 0 Å². The second kappa shape index (κ2) is 6.89. The third kappa shape index (κ3) is 3.73. The highest BCUT2D eigenvalue weighted by Gasteiger charge is 2.17. The number of aromatic nitrogens is 4. The molecule has 0 aliphatic heterocycles. The van der Waals surface area contributed by atoms with Crippen LogP contribution in [0.2, 0.25) is 0 Å². The molecule has 0 aliphatic rings. The Hall–Kier alpha value is -1.62. The van der Waals surface area contributed by atoms with Crippen LogP contribution in [0.15, 0.2) is 18.3 Å². The van der Waals surface area contributed by atoms with E-state index in [-0.39, 0.29) is 6.04 Å². The summed E-state index contributed by atoms with van der Waals surface area (Å²) < 4.78 is 4.00. The molecular formula is C16H27N5. The average Bonchev–Trinajstić information content (AvgIpc) is 3.05. The van der Waals surface area contributed by atoms with E-state index in [1.165, 1.54) is 5.69 Å². The molecule has 5 nitrogen and oxygen atoms in total. The quantitative estimate of drug-likeness (QED) is 0.852. The smallest absolute Gasteiger partial charge is 0.0644 e. The summed E-state index contributed by atoms with van der Waals surface area (Å²) >= 11 is 0. The van der Waals surface area contributed by atoms with Gasteiger partial charge in [-0.25, -0.2) is 0 Å². The van der Waals surface area contributed by atoms with Gasteiger partial charge in [-0.2, -0.15) is 10.2 Å². The number of nitrogens with zero attached hydrogens (tertiary/aromatic N) is 4. The van der Waals surface area contributed by atoms with E-state index in [0.29, 0.717) is 6.04 Å². The topological polar surface area (TPSA) is 47.7 Å². The van der Waals surface area contributed by atoms with E-state index >= 15 is 0 Å². The van der Waals surface area contributed by atoms with E-state index in [1.54, 1.807) is 0 Å². The molecule has 21 heavy (non-hydrogen) atoms. The molecule has 0 saturated carbocycles. The molecule has 0 radical (unpaired) electrons. The van der Waals surface area contributed by atoms with Crippen LogP contribution in [0.3, 0.4) is 0 Å². The highest BCUT2D eigenvalue weighted by atomic mass is 15.3. The average molecular weight is 289 g/mol. The minimum absolute atomic E-state index is 0.253. The summed E-state index contributed by atoms with van der Waals surface area (Å²) in [6.45, 7) is 9.50. The molecule has 0 spiro atoms. The number of nitrogens with one attached hydrogen (secondary N) is 1. The predicted molar refractivity (Wildman–Crippen MR) is 85.3 cm³/mol. The van der Waals surface area contributed by atoms with Gasteiger partial charge in [0.25, 0.3) is 0 Å². The van der Waals surface area contributed by atoms with Crippen LogP contribution in [0.1, 0.15) is 56.9 Å². The first-order valence-electron chi connectivity index (χ1n) is 7.85. The maximum Gasteiger partial charge on any atom is 0.0644 e. The Morgan fingerprint density at radius 2 is 1.95 bits per heavy atom. The third-order valence-electron chi connectivity index (χ3n) is 3.74. The zero-order valence-corrected chi connectivity index (χ0v) is 13.8. The molecule has 2 heterocycles. The number of hydrogen-bond acceptors (Lipinski definition) is 3. The first-order chi connectivity index (χ1) is 10.0. The molecule has 1 unspecified atom stereocenters. The van der Waals surface area contributed by atoms with Gasteiger partial charge in [0.1, 0.15) is 0 Å². The minimum Gasteiger partial charge on any atom is -0.309 e. The molecule has 1 N–H and O–H groups in total. The van der Waals surface area contributed by atoms with Crippen LogP contribution in [0.25, 0.3) is 0 Å². The Bertz CT molecular complexity index is 567. The maximum absolute atomic E-state index is 4.66. The fraction of sp³-hybridized carbons (Fsp3) is 0.625. The van der Waals surface area contributed by atoms with E-state index in [9.17, 15) is 0 Å². The number of aryl methyl sites for hydroxylation is 2. The SMILES string of the molecule is CCNC(Cc1ccn(C(C)C)n1)c1cc(CC)nn1C. The van der Waals surface area contributed by atoms with Crippen molar-refractivity contribution in [3.8, 4) is 0 Å². The van der Waals surface area contributed by atoms with Crippen molar-refractivity contribution < 1.29 is 0 Å². The van der Waals surface area contributed by atoms with Gasteiger partial charge in [-0.3, -0.25) is 9.36 Å². The molecule has 0 aliphatic carbocycles. The summed E-state index contributed by atoms with van der Waals surface area (Å²) in [5.74, 6) is 0. The molecule has 0 bridgehead atoms. The van der Waals surface area contributed by atoms with E-state index in [1.807, 2.05) is 16.4 Å². The van der Waals surface area contributed by atoms with Gasteiger partial charge in [0.05, 0.1) is 23.1 Å². The first kappa shape index (κ1) is 15.8. The second-order valence-corrected chi connectivity index (χ2v) is 5.73. The molecule has 0 saturated heterocycles. The summed E-state index contributed by atoms with van der Waals surface area (Å²) in [5, 5.41) is 12.8. The Labute approximate surface area is 127 Å². The van der Waals surface area contributed by atoms with Crippen molar-refractivity contribution in [2.45, 2.75) is 52.6 Å². The lowest BCUT2D eigenvalue weighted by atomic mass is 10.1. The highest BCUT2D eigenvalue weighted by Crippen LogP contribution is 2.19. The third-order valence-corrected chi connectivity index (χ3v) is 3.74. The van der Waals surface area contributed by atoms with E-state index in [4.69, 9.17) is 0 Å². The number of hydrogen-bond donors (Lipinski definition) is 1. The molecule has 2 rings (SSSR count). The molecule has 2 aromatic rings. The molecule has 1 atom stereocenters. The van der Waals surface area contributed by atoms with Crippen LogP contribution < -0.4 is 5.32 Å². The van der Waals surface area contributed by atoms with Gasteiger partial charge in [-0.1, -0.05) is 13.8 Å². The Kier molecular flexibility index (Phi) is 5.17. The molecule has 2 aromatic heterocycles. The monoisotopic (exact) mass is 289 g/mol. The van der Waals surface area contributed by atoms with Crippen molar-refractivity contribution in [1.82, 2.24) is 24.9 Å². The molecule has 0 fully saturated rings. The Balaban J connectivity index is 2.19. The maximum atomic E-state index is 4.66. The zero-order chi connectivity index (χ0) is 15.4. The molecule has 116 valence electrons. The van der Waals surface area contributed by atoms with Crippen molar-refractivity contribution >= 4 is 0 Å². The van der Waals surface area contributed by atoms with Crippen molar-refractivity contribution in [2.24, 2.45) is 7.05 Å². The minimum atomic E-state index is 0.253. The summed E-state index contributed by atoms with van der Waals surface area (Å²) in [4.78, 5) is 0. The molecule has 5 heteroatoms. The van der Waals surface area contributed by atoms with Crippen LogP contribution in [-0.4, -0.2) is 26.1 Å². The van der Waals surface area contributed by atoms with E-state index in [2.05, 4.69) is 61.5 Å². The molecule has 0 amide bonds. The Morgan fingerprint density at radius 1 is 1.19 bits per heavy atom. The highest BCUT2D eigenvalue weighted by molar-refractivity contribution is 5.17. The summed E-state index contributed by atoms with van der Waals surface area (Å²) in [6, 6.07) is 4.97. The lowest BCUT2D eigenvalue weighted by molar-refractivity contribution is 0.487. The van der Waals surface area contributed by atoms with Crippen LogP contribution in [0, 0.1) is 0 Å². The normalized spacial score (nSPS) is 13.0. The Morgan fingerprint density at radius 3 is 2.48 bits per heavy atom. The van der Waals surface area contributed by atoms with Crippen LogP contribution in [-0.2, 0) is 19.9 Å². The summed E-state index contributed by atoms with van der Waals surface area (Å²) in [6.07, 6.45) is 3.91.